The van der Waals surface area contributed by atoms with Gasteiger partial charge in [-0.3, -0.25) is 37.9 Å². The van der Waals surface area contributed by atoms with E-state index in [-0.39, 0.29) is 71.2 Å². The fourth-order valence-corrected chi connectivity index (χ4v) is 11.3. The lowest BCUT2D eigenvalue weighted by Crippen LogP contribution is -2.41. The predicted molar refractivity (Wildman–Crippen MR) is 279 cm³/mol. The predicted octanol–water partition coefficient (Wildman–Crippen LogP) is 6.38. The van der Waals surface area contributed by atoms with Gasteiger partial charge in [-0.15, -0.1) is 0 Å². The Morgan fingerprint density at radius 1 is 0.571 bits per heavy atom. The first-order valence-electron chi connectivity index (χ1n) is 25.3. The van der Waals surface area contributed by atoms with Crippen molar-refractivity contribution in [2.24, 2.45) is 37.8 Å². The van der Waals surface area contributed by atoms with Crippen molar-refractivity contribution in [1.82, 2.24) is 48.9 Å². The van der Waals surface area contributed by atoms with Crippen LogP contribution in [0.4, 0.5) is 29.5 Å². The van der Waals surface area contributed by atoms with Crippen molar-refractivity contribution in [3.05, 3.63) is 142 Å². The number of ether oxygens (including phenoxy) is 2. The van der Waals surface area contributed by atoms with Crippen LogP contribution in [0.25, 0.3) is 44.1 Å². The zero-order valence-electron chi connectivity index (χ0n) is 42.3. The Morgan fingerprint density at radius 3 is 1.51 bits per heavy atom. The molecule has 4 aliphatic rings. The lowest BCUT2D eigenvalue weighted by Gasteiger charge is -2.33. The summed E-state index contributed by atoms with van der Waals surface area (Å²) in [6.07, 6.45) is 8.62. The minimum atomic E-state index is -2.95. The lowest BCUT2D eigenvalue weighted by molar-refractivity contribution is -0.130. The van der Waals surface area contributed by atoms with E-state index in [0.717, 1.165) is 67.8 Å². The van der Waals surface area contributed by atoms with Gasteiger partial charge in [0.1, 0.15) is 11.5 Å². The first-order chi connectivity index (χ1) is 37.2. The standard InChI is InChI=1S/C28H28F2N6O3.C27H26F2N6O3/c1-33-14-20-15-35(10-9-21(20)25(33)37)28-31-12-19(13-32-28)17-7-8-22-23(11-17)36(34(2)26(22)38)16-18-5-3-4-6-24(18)39-27(29)30;1-33-25(37)21-7-6-16(10-22(21)35(33)15-17-4-2-3-5-23(17)38-26(28)29)18-11-31-27(32-12-18)34-9-8-20-19(14-34)13-30-24(20)36/h3-8,11-13,20-21,27H,9-10,14-16H2,1-2H3;2-7,10-12,19-20,26H,8-9,13-15H2,1H3,(H,30,36)/t20-,21?;19-,20?/m00/s1. The molecule has 8 heterocycles. The van der Waals surface area contributed by atoms with Gasteiger partial charge in [-0.2, -0.15) is 17.6 Å². The number of amides is 2. The van der Waals surface area contributed by atoms with Crippen molar-refractivity contribution in [3.63, 3.8) is 0 Å². The van der Waals surface area contributed by atoms with E-state index in [1.807, 2.05) is 36.2 Å². The number of carbonyl (C=O) groups is 2. The molecule has 77 heavy (non-hydrogen) atoms. The number of hydrogen-bond donors (Lipinski definition) is 1. The molecule has 0 radical (unpaired) electrons. The molecular weight excluding hydrogens is 1000 g/mol. The van der Waals surface area contributed by atoms with Gasteiger partial charge in [0, 0.05) is 131 Å². The molecule has 4 fully saturated rings. The minimum Gasteiger partial charge on any atom is -0.434 e. The Balaban J connectivity index is 0.000000164. The largest absolute Gasteiger partial charge is 0.434 e. The van der Waals surface area contributed by atoms with Gasteiger partial charge in [0.05, 0.1) is 34.9 Å². The van der Waals surface area contributed by atoms with Crippen LogP contribution in [-0.4, -0.2) is 115 Å². The van der Waals surface area contributed by atoms with Crippen molar-refractivity contribution < 1.29 is 36.6 Å². The molecule has 12 rings (SSSR count). The minimum absolute atomic E-state index is 0.0683. The highest BCUT2D eigenvalue weighted by molar-refractivity contribution is 5.86. The average molecular weight is 1060 g/mol. The number of halogens is 4. The van der Waals surface area contributed by atoms with Crippen LogP contribution in [0, 0.1) is 23.7 Å². The summed E-state index contributed by atoms with van der Waals surface area (Å²) in [7, 11) is 5.15. The molecular formula is C55H54F4N12O6. The van der Waals surface area contributed by atoms with Crippen LogP contribution in [0.1, 0.15) is 24.0 Å². The van der Waals surface area contributed by atoms with Crippen LogP contribution in [0.2, 0.25) is 0 Å². The maximum atomic E-state index is 12.9. The molecule has 398 valence electrons. The maximum Gasteiger partial charge on any atom is 0.387 e. The van der Waals surface area contributed by atoms with E-state index in [1.54, 1.807) is 96.8 Å². The van der Waals surface area contributed by atoms with Gasteiger partial charge >= 0.3 is 13.2 Å². The van der Waals surface area contributed by atoms with E-state index in [0.29, 0.717) is 51.4 Å². The Labute approximate surface area is 438 Å². The summed E-state index contributed by atoms with van der Waals surface area (Å²) in [6.45, 7) is -1.14. The monoisotopic (exact) mass is 1050 g/mol. The number of nitrogens with one attached hydrogen (secondary N) is 1. The van der Waals surface area contributed by atoms with E-state index < -0.39 is 13.2 Å². The van der Waals surface area contributed by atoms with E-state index in [1.165, 1.54) is 21.5 Å². The van der Waals surface area contributed by atoms with Crippen molar-refractivity contribution >= 4 is 45.5 Å². The van der Waals surface area contributed by atoms with Gasteiger partial charge in [0.2, 0.25) is 23.7 Å². The van der Waals surface area contributed by atoms with Crippen LogP contribution in [0.3, 0.4) is 0 Å². The number of carbonyl (C=O) groups excluding carboxylic acids is 2. The molecule has 0 aliphatic carbocycles. The number of likely N-dealkylation sites (tertiary alicyclic amines) is 1. The zero-order chi connectivity index (χ0) is 53.6. The van der Waals surface area contributed by atoms with Gasteiger partial charge in [0.15, 0.2) is 0 Å². The Bertz CT molecular complexity index is 3640. The quantitative estimate of drug-likeness (QED) is 0.134. The molecule has 2 amide bonds. The second-order valence-corrected chi connectivity index (χ2v) is 19.9. The molecule has 4 aliphatic heterocycles. The third-order valence-electron chi connectivity index (χ3n) is 15.4. The second-order valence-electron chi connectivity index (χ2n) is 19.9. The first-order valence-corrected chi connectivity index (χ1v) is 25.3. The number of benzene rings is 4. The van der Waals surface area contributed by atoms with Crippen molar-refractivity contribution in [1.29, 1.82) is 0 Å². The first kappa shape index (κ1) is 50.6. The topological polar surface area (TPSA) is 180 Å². The van der Waals surface area contributed by atoms with Gasteiger partial charge < -0.3 is 29.5 Å². The Hall–Kier alpha value is -8.56. The fraction of sp³-hybridized carbons (Fsp3) is 0.345. The number of nitrogens with zero attached hydrogens (tertiary/aromatic N) is 11. The molecule has 0 spiro atoms. The van der Waals surface area contributed by atoms with E-state index in [9.17, 15) is 36.7 Å². The summed E-state index contributed by atoms with van der Waals surface area (Å²) in [6, 6.07) is 24.1. The van der Waals surface area contributed by atoms with E-state index >= 15 is 0 Å². The zero-order valence-corrected chi connectivity index (χ0v) is 42.3. The summed E-state index contributed by atoms with van der Waals surface area (Å²) >= 11 is 0. The van der Waals surface area contributed by atoms with Crippen molar-refractivity contribution in [2.75, 3.05) is 56.1 Å². The van der Waals surface area contributed by atoms with Gasteiger partial charge in [0.25, 0.3) is 11.1 Å². The number of alkyl halides is 4. The van der Waals surface area contributed by atoms with Crippen molar-refractivity contribution in [3.8, 4) is 33.8 Å². The van der Waals surface area contributed by atoms with Crippen LogP contribution >= 0.6 is 0 Å². The SMILES string of the molecule is CN1C[C@H]2CN(c3ncc(-c4ccc5c(=O)n(C)n(Cc6ccccc6OC(F)F)c5c4)cn3)CCC2C1=O.Cn1c(=O)c2ccc(-c3cnc(N4CCC5C(=O)NC[C@H]5C4)nc3)cc2n1Cc1ccccc1OC(F)F. The summed E-state index contributed by atoms with van der Waals surface area (Å²) in [5.41, 5.74) is 5.23. The molecule has 8 aromatic rings. The third-order valence-corrected chi connectivity index (χ3v) is 15.4. The highest BCUT2D eigenvalue weighted by Crippen LogP contribution is 2.35. The number of hydrogen-bond acceptors (Lipinski definition) is 12. The highest BCUT2D eigenvalue weighted by Gasteiger charge is 2.43. The molecule has 18 nitrogen and oxygen atoms in total. The molecule has 4 aromatic carbocycles. The summed E-state index contributed by atoms with van der Waals surface area (Å²) < 4.78 is 67.5. The number of para-hydroxylation sites is 2. The molecule has 0 saturated carbocycles. The number of rotatable bonds is 12. The van der Waals surface area contributed by atoms with E-state index in [2.05, 4.69) is 39.8 Å². The van der Waals surface area contributed by atoms with Crippen LogP contribution in [-0.2, 0) is 36.8 Å². The summed E-state index contributed by atoms with van der Waals surface area (Å²) in [4.78, 5) is 74.5. The fourth-order valence-electron chi connectivity index (χ4n) is 11.3. The summed E-state index contributed by atoms with van der Waals surface area (Å²) in [5, 5.41) is 3.98. The number of piperidine rings is 2. The van der Waals surface area contributed by atoms with Gasteiger partial charge in [-0.25, -0.2) is 19.9 Å². The van der Waals surface area contributed by atoms with Crippen LogP contribution in [0.5, 0.6) is 11.5 Å². The number of aromatic nitrogens is 8. The van der Waals surface area contributed by atoms with Crippen molar-refractivity contribution in [2.45, 2.75) is 39.2 Å². The van der Waals surface area contributed by atoms with Gasteiger partial charge in [-0.1, -0.05) is 48.5 Å². The smallest absolute Gasteiger partial charge is 0.387 e. The number of fused-ring (bicyclic) bond motifs is 4. The molecule has 0 bridgehead atoms. The molecule has 22 heteroatoms. The molecule has 4 saturated heterocycles. The second kappa shape index (κ2) is 20.9. The van der Waals surface area contributed by atoms with Gasteiger partial charge in [-0.05, 0) is 60.4 Å². The van der Waals surface area contributed by atoms with E-state index in [4.69, 9.17) is 4.74 Å². The third kappa shape index (κ3) is 9.94. The van der Waals surface area contributed by atoms with Crippen LogP contribution < -0.4 is 35.7 Å². The number of anilines is 2. The molecule has 2 unspecified atom stereocenters. The Morgan fingerprint density at radius 2 is 1.03 bits per heavy atom. The highest BCUT2D eigenvalue weighted by atomic mass is 19.3. The maximum absolute atomic E-state index is 12.9. The Kier molecular flexibility index (Phi) is 13.7. The lowest BCUT2D eigenvalue weighted by atomic mass is 9.88. The molecule has 4 aromatic heterocycles. The molecule has 1 N–H and O–H groups in total. The molecule has 4 atom stereocenters. The summed E-state index contributed by atoms with van der Waals surface area (Å²) in [5.74, 6) is 2.50. The normalized spacial score (nSPS) is 19.2. The van der Waals surface area contributed by atoms with Crippen LogP contribution in [0.15, 0.2) is 119 Å². The average Bonchev–Trinajstić information content (AvgIpc) is 4.23.